The maximum absolute atomic E-state index is 12.1. The molecule has 2 atom stereocenters. The summed E-state index contributed by atoms with van der Waals surface area (Å²) in [5.74, 6) is 0.613. The van der Waals surface area contributed by atoms with Gasteiger partial charge in [-0.25, -0.2) is 0 Å². The Hall–Kier alpha value is -1.63. The predicted octanol–water partition coefficient (Wildman–Crippen LogP) is 0.715. The summed E-state index contributed by atoms with van der Waals surface area (Å²) in [4.78, 5) is 14.1. The molecular weight excluding hydrogens is 272 g/mol. The summed E-state index contributed by atoms with van der Waals surface area (Å²) in [6, 6.07) is 7.40. The second-order valence-corrected chi connectivity index (χ2v) is 5.20. The SMILES string of the molecule is COc1cccc(NC(=O)CN2CC(CO)OCC2C)c1. The minimum atomic E-state index is -0.217. The Kier molecular flexibility index (Phi) is 5.55. The number of rotatable bonds is 5. The zero-order valence-corrected chi connectivity index (χ0v) is 12.4. The Bertz CT molecular complexity index is 480. The molecule has 0 radical (unpaired) electrons. The number of anilines is 1. The van der Waals surface area contributed by atoms with Crippen LogP contribution in [0.2, 0.25) is 0 Å². The van der Waals surface area contributed by atoms with E-state index >= 15 is 0 Å². The number of nitrogens with one attached hydrogen (secondary N) is 1. The van der Waals surface area contributed by atoms with Gasteiger partial charge in [0, 0.05) is 24.3 Å². The molecule has 0 bridgehead atoms. The highest BCUT2D eigenvalue weighted by molar-refractivity contribution is 5.92. The van der Waals surface area contributed by atoms with Crippen LogP contribution in [0.5, 0.6) is 5.75 Å². The Morgan fingerprint density at radius 2 is 2.38 bits per heavy atom. The van der Waals surface area contributed by atoms with Gasteiger partial charge in [0.1, 0.15) is 5.75 Å². The van der Waals surface area contributed by atoms with E-state index in [1.54, 1.807) is 13.2 Å². The molecule has 6 nitrogen and oxygen atoms in total. The van der Waals surface area contributed by atoms with Gasteiger partial charge in [-0.05, 0) is 19.1 Å². The van der Waals surface area contributed by atoms with E-state index in [1.165, 1.54) is 0 Å². The number of ether oxygens (including phenoxy) is 2. The maximum atomic E-state index is 12.1. The van der Waals surface area contributed by atoms with Gasteiger partial charge in [-0.3, -0.25) is 9.69 Å². The lowest BCUT2D eigenvalue weighted by Crippen LogP contribution is -2.51. The Balaban J connectivity index is 1.91. The Morgan fingerprint density at radius 3 is 3.10 bits per heavy atom. The topological polar surface area (TPSA) is 71.0 Å². The number of benzene rings is 1. The van der Waals surface area contributed by atoms with Crippen molar-refractivity contribution in [2.24, 2.45) is 0 Å². The van der Waals surface area contributed by atoms with Crippen molar-refractivity contribution in [1.82, 2.24) is 4.90 Å². The van der Waals surface area contributed by atoms with Gasteiger partial charge in [-0.1, -0.05) is 6.07 Å². The van der Waals surface area contributed by atoms with E-state index in [1.807, 2.05) is 30.0 Å². The van der Waals surface area contributed by atoms with Crippen molar-refractivity contribution < 1.29 is 19.4 Å². The zero-order chi connectivity index (χ0) is 15.2. The van der Waals surface area contributed by atoms with Crippen LogP contribution >= 0.6 is 0 Å². The molecule has 1 amide bonds. The van der Waals surface area contributed by atoms with Crippen molar-refractivity contribution in [2.45, 2.75) is 19.1 Å². The third kappa shape index (κ3) is 4.42. The molecule has 0 aromatic heterocycles. The summed E-state index contributed by atoms with van der Waals surface area (Å²) in [6.07, 6.45) is -0.217. The second-order valence-electron chi connectivity index (χ2n) is 5.20. The van der Waals surface area contributed by atoms with E-state index in [2.05, 4.69) is 5.32 Å². The van der Waals surface area contributed by atoms with Gasteiger partial charge >= 0.3 is 0 Å². The average Bonchev–Trinajstić information content (AvgIpc) is 2.49. The lowest BCUT2D eigenvalue weighted by Gasteiger charge is -2.36. The molecule has 1 aliphatic heterocycles. The number of hydrogen-bond donors (Lipinski definition) is 2. The van der Waals surface area contributed by atoms with Gasteiger partial charge in [0.05, 0.1) is 33.0 Å². The number of amides is 1. The van der Waals surface area contributed by atoms with Crippen LogP contribution in [0.1, 0.15) is 6.92 Å². The number of hydrogen-bond acceptors (Lipinski definition) is 5. The van der Waals surface area contributed by atoms with Crippen LogP contribution in [0.3, 0.4) is 0 Å². The first-order chi connectivity index (χ1) is 10.1. The van der Waals surface area contributed by atoms with Gasteiger partial charge in [0.2, 0.25) is 5.91 Å². The Morgan fingerprint density at radius 1 is 1.57 bits per heavy atom. The second kappa shape index (κ2) is 7.40. The van der Waals surface area contributed by atoms with Crippen LogP contribution in [-0.4, -0.2) is 61.5 Å². The standard InChI is InChI=1S/C15H22N2O4/c1-11-10-21-14(9-18)7-17(11)8-15(19)16-12-4-3-5-13(6-12)20-2/h3-6,11,14,18H,7-10H2,1-2H3,(H,16,19). The van der Waals surface area contributed by atoms with E-state index < -0.39 is 0 Å². The lowest BCUT2D eigenvalue weighted by molar-refractivity contribution is -0.122. The number of carbonyl (C=O) groups is 1. The van der Waals surface area contributed by atoms with Crippen molar-refractivity contribution in [1.29, 1.82) is 0 Å². The van der Waals surface area contributed by atoms with Crippen LogP contribution in [-0.2, 0) is 9.53 Å². The molecule has 6 heteroatoms. The molecule has 0 aliphatic carbocycles. The van der Waals surface area contributed by atoms with Gasteiger partial charge in [0.15, 0.2) is 0 Å². The fourth-order valence-corrected chi connectivity index (χ4v) is 2.29. The van der Waals surface area contributed by atoms with Gasteiger partial charge in [-0.15, -0.1) is 0 Å². The number of aliphatic hydroxyl groups is 1. The predicted molar refractivity (Wildman–Crippen MR) is 79.5 cm³/mol. The van der Waals surface area contributed by atoms with Gasteiger partial charge in [-0.2, -0.15) is 0 Å². The highest BCUT2D eigenvalue weighted by Crippen LogP contribution is 2.17. The fraction of sp³-hybridized carbons (Fsp3) is 0.533. The highest BCUT2D eigenvalue weighted by Gasteiger charge is 2.27. The normalized spacial score (nSPS) is 22.8. The minimum absolute atomic E-state index is 0.0271. The van der Waals surface area contributed by atoms with Crippen LogP contribution in [0.15, 0.2) is 24.3 Å². The lowest BCUT2D eigenvalue weighted by atomic mass is 10.2. The van der Waals surface area contributed by atoms with Crippen molar-refractivity contribution in [3.8, 4) is 5.75 Å². The van der Waals surface area contributed by atoms with Crippen LogP contribution in [0.4, 0.5) is 5.69 Å². The average molecular weight is 294 g/mol. The van der Waals surface area contributed by atoms with Crippen LogP contribution in [0.25, 0.3) is 0 Å². The first-order valence-corrected chi connectivity index (χ1v) is 7.02. The fourth-order valence-electron chi connectivity index (χ4n) is 2.29. The quantitative estimate of drug-likeness (QED) is 0.837. The van der Waals surface area contributed by atoms with E-state index in [-0.39, 0.29) is 31.2 Å². The molecule has 2 rings (SSSR count). The number of methoxy groups -OCH3 is 1. The highest BCUT2D eigenvalue weighted by atomic mass is 16.5. The minimum Gasteiger partial charge on any atom is -0.497 e. The van der Waals surface area contributed by atoms with Crippen LogP contribution < -0.4 is 10.1 Å². The van der Waals surface area contributed by atoms with Crippen molar-refractivity contribution >= 4 is 11.6 Å². The third-order valence-corrected chi connectivity index (χ3v) is 3.54. The molecule has 0 saturated carbocycles. The molecule has 2 unspecified atom stereocenters. The van der Waals surface area contributed by atoms with E-state index in [0.29, 0.717) is 24.6 Å². The molecule has 1 aromatic carbocycles. The summed E-state index contributed by atoms with van der Waals surface area (Å²) < 4.78 is 10.6. The maximum Gasteiger partial charge on any atom is 0.238 e. The monoisotopic (exact) mass is 294 g/mol. The largest absolute Gasteiger partial charge is 0.497 e. The van der Waals surface area contributed by atoms with Crippen molar-refractivity contribution in [3.05, 3.63) is 24.3 Å². The Labute approximate surface area is 124 Å². The van der Waals surface area contributed by atoms with Gasteiger partial charge in [0.25, 0.3) is 0 Å². The molecular formula is C15H22N2O4. The molecule has 116 valence electrons. The summed E-state index contributed by atoms with van der Waals surface area (Å²) in [6.45, 7) is 3.34. The van der Waals surface area contributed by atoms with Crippen LogP contribution in [0, 0.1) is 0 Å². The molecule has 1 heterocycles. The third-order valence-electron chi connectivity index (χ3n) is 3.54. The zero-order valence-electron chi connectivity index (χ0n) is 12.4. The molecule has 21 heavy (non-hydrogen) atoms. The number of nitrogens with zero attached hydrogens (tertiary/aromatic N) is 1. The molecule has 2 N–H and O–H groups in total. The summed E-state index contributed by atoms with van der Waals surface area (Å²) in [5.41, 5.74) is 0.707. The van der Waals surface area contributed by atoms with Gasteiger partial charge < -0.3 is 19.9 Å². The van der Waals surface area contributed by atoms with E-state index in [4.69, 9.17) is 14.6 Å². The number of morpholine rings is 1. The van der Waals surface area contributed by atoms with E-state index in [9.17, 15) is 4.79 Å². The summed E-state index contributed by atoms with van der Waals surface area (Å²) in [7, 11) is 1.59. The summed E-state index contributed by atoms with van der Waals surface area (Å²) in [5, 5.41) is 12.0. The molecule has 1 aromatic rings. The van der Waals surface area contributed by atoms with Crippen molar-refractivity contribution in [2.75, 3.05) is 38.7 Å². The van der Waals surface area contributed by atoms with Crippen molar-refractivity contribution in [3.63, 3.8) is 0 Å². The molecule has 1 aliphatic rings. The number of carbonyl (C=O) groups excluding carboxylic acids is 1. The molecule has 1 saturated heterocycles. The summed E-state index contributed by atoms with van der Waals surface area (Å²) >= 11 is 0. The smallest absolute Gasteiger partial charge is 0.238 e. The number of aliphatic hydroxyl groups excluding tert-OH is 1. The molecule has 1 fully saturated rings. The first-order valence-electron chi connectivity index (χ1n) is 7.02. The molecule has 0 spiro atoms. The first kappa shape index (κ1) is 15.8. The van der Waals surface area contributed by atoms with E-state index in [0.717, 1.165) is 0 Å².